The van der Waals surface area contributed by atoms with Gasteiger partial charge in [-0.05, 0) is 51.8 Å². The SMILES string of the molecule is CCN1CCN(C(=O)c2ccc(B3OC(C)(C)C(C)(C)O3)cc2)CC1. The summed E-state index contributed by atoms with van der Waals surface area (Å²) in [6.45, 7) is 14.9. The van der Waals surface area contributed by atoms with Crippen molar-refractivity contribution in [1.82, 2.24) is 9.80 Å². The van der Waals surface area contributed by atoms with Crippen molar-refractivity contribution in [2.24, 2.45) is 0 Å². The van der Waals surface area contributed by atoms with E-state index >= 15 is 0 Å². The molecule has 1 amide bonds. The van der Waals surface area contributed by atoms with Gasteiger partial charge >= 0.3 is 7.12 Å². The molecule has 5 nitrogen and oxygen atoms in total. The van der Waals surface area contributed by atoms with E-state index < -0.39 is 0 Å². The van der Waals surface area contributed by atoms with Crippen LogP contribution >= 0.6 is 0 Å². The maximum absolute atomic E-state index is 12.7. The monoisotopic (exact) mass is 344 g/mol. The minimum atomic E-state index is -0.387. The maximum Gasteiger partial charge on any atom is 0.494 e. The van der Waals surface area contributed by atoms with Gasteiger partial charge in [-0.25, -0.2) is 0 Å². The second kappa shape index (κ2) is 6.74. The maximum atomic E-state index is 12.7. The Bertz CT molecular complexity index is 606. The number of amides is 1. The molecule has 2 fully saturated rings. The van der Waals surface area contributed by atoms with Crippen LogP contribution in [0, 0.1) is 0 Å². The molecule has 2 saturated heterocycles. The van der Waals surface area contributed by atoms with Gasteiger partial charge in [0.1, 0.15) is 0 Å². The Morgan fingerprint density at radius 1 is 1.00 bits per heavy atom. The quantitative estimate of drug-likeness (QED) is 0.784. The first kappa shape index (κ1) is 18.4. The molecule has 2 heterocycles. The molecule has 0 aromatic heterocycles. The summed E-state index contributed by atoms with van der Waals surface area (Å²) in [7, 11) is -0.387. The van der Waals surface area contributed by atoms with E-state index in [-0.39, 0.29) is 24.2 Å². The summed E-state index contributed by atoms with van der Waals surface area (Å²) in [4.78, 5) is 17.0. The van der Waals surface area contributed by atoms with Gasteiger partial charge in [-0.1, -0.05) is 19.1 Å². The lowest BCUT2D eigenvalue weighted by Crippen LogP contribution is -2.48. The van der Waals surface area contributed by atoms with Gasteiger partial charge in [0.15, 0.2) is 0 Å². The molecule has 136 valence electrons. The lowest BCUT2D eigenvalue weighted by Gasteiger charge is -2.34. The predicted octanol–water partition coefficient (Wildman–Crippen LogP) is 1.76. The number of rotatable bonds is 3. The summed E-state index contributed by atoms with van der Waals surface area (Å²) < 4.78 is 12.1. The Hall–Kier alpha value is -1.37. The van der Waals surface area contributed by atoms with Crippen molar-refractivity contribution >= 4 is 18.5 Å². The Morgan fingerprint density at radius 3 is 2.00 bits per heavy atom. The average Bonchev–Trinajstić information content (AvgIpc) is 2.82. The molecule has 2 aliphatic rings. The number of nitrogens with zero attached hydrogens (tertiary/aromatic N) is 2. The topological polar surface area (TPSA) is 42.0 Å². The van der Waals surface area contributed by atoms with Crippen molar-refractivity contribution < 1.29 is 14.1 Å². The Morgan fingerprint density at radius 2 is 1.52 bits per heavy atom. The fourth-order valence-electron chi connectivity index (χ4n) is 3.21. The van der Waals surface area contributed by atoms with Gasteiger partial charge in [-0.3, -0.25) is 4.79 Å². The zero-order chi connectivity index (χ0) is 18.2. The molecule has 1 aromatic carbocycles. The zero-order valence-corrected chi connectivity index (χ0v) is 16.0. The number of likely N-dealkylation sites (N-methyl/N-ethyl adjacent to an activating group) is 1. The lowest BCUT2D eigenvalue weighted by atomic mass is 9.79. The first-order chi connectivity index (χ1) is 11.7. The molecule has 0 radical (unpaired) electrons. The summed E-state index contributed by atoms with van der Waals surface area (Å²) >= 11 is 0. The van der Waals surface area contributed by atoms with Crippen LogP contribution in [0.3, 0.4) is 0 Å². The average molecular weight is 344 g/mol. The molecule has 0 spiro atoms. The smallest absolute Gasteiger partial charge is 0.399 e. The van der Waals surface area contributed by atoms with Gasteiger partial charge < -0.3 is 19.1 Å². The molecular weight excluding hydrogens is 315 g/mol. The molecule has 0 aliphatic carbocycles. The third-order valence-corrected chi connectivity index (χ3v) is 5.79. The molecule has 0 bridgehead atoms. The van der Waals surface area contributed by atoms with Crippen LogP contribution in [0.25, 0.3) is 0 Å². The van der Waals surface area contributed by atoms with Crippen molar-refractivity contribution in [2.75, 3.05) is 32.7 Å². The molecule has 6 heteroatoms. The minimum absolute atomic E-state index is 0.108. The summed E-state index contributed by atoms with van der Waals surface area (Å²) in [5.41, 5.74) is 0.965. The van der Waals surface area contributed by atoms with Crippen molar-refractivity contribution in [1.29, 1.82) is 0 Å². The zero-order valence-electron chi connectivity index (χ0n) is 16.0. The molecule has 2 aliphatic heterocycles. The number of carbonyl (C=O) groups is 1. The van der Waals surface area contributed by atoms with E-state index in [2.05, 4.69) is 11.8 Å². The fraction of sp³-hybridized carbons (Fsp3) is 0.632. The summed E-state index contributed by atoms with van der Waals surface area (Å²) in [5.74, 6) is 0.108. The van der Waals surface area contributed by atoms with Gasteiger partial charge in [0.25, 0.3) is 5.91 Å². The van der Waals surface area contributed by atoms with Crippen molar-refractivity contribution in [2.45, 2.75) is 45.8 Å². The van der Waals surface area contributed by atoms with Crippen LogP contribution in [0.1, 0.15) is 45.0 Å². The van der Waals surface area contributed by atoms with Crippen LogP contribution in [0.2, 0.25) is 0 Å². The van der Waals surface area contributed by atoms with Gasteiger partial charge in [-0.15, -0.1) is 0 Å². The molecular formula is C19H29BN2O3. The Labute approximate surface area is 151 Å². The van der Waals surface area contributed by atoms with Crippen LogP contribution in [0.15, 0.2) is 24.3 Å². The van der Waals surface area contributed by atoms with E-state index in [0.717, 1.165) is 43.8 Å². The highest BCUT2D eigenvalue weighted by molar-refractivity contribution is 6.62. The lowest BCUT2D eigenvalue weighted by molar-refractivity contribution is 0.00578. The van der Waals surface area contributed by atoms with Crippen LogP contribution in [0.4, 0.5) is 0 Å². The first-order valence-corrected chi connectivity index (χ1v) is 9.21. The molecule has 25 heavy (non-hydrogen) atoms. The number of hydrogen-bond acceptors (Lipinski definition) is 4. The van der Waals surface area contributed by atoms with Gasteiger partial charge in [0, 0.05) is 31.7 Å². The third-order valence-electron chi connectivity index (χ3n) is 5.79. The largest absolute Gasteiger partial charge is 0.494 e. The molecule has 1 aromatic rings. The molecule has 3 rings (SSSR count). The number of piperazine rings is 1. The summed E-state index contributed by atoms with van der Waals surface area (Å²) in [5, 5.41) is 0. The van der Waals surface area contributed by atoms with E-state index in [1.165, 1.54) is 0 Å². The Kier molecular flexibility index (Phi) is 4.97. The van der Waals surface area contributed by atoms with Crippen molar-refractivity contribution in [3.05, 3.63) is 29.8 Å². The third kappa shape index (κ3) is 3.61. The highest BCUT2D eigenvalue weighted by Crippen LogP contribution is 2.36. The normalized spacial score (nSPS) is 23.1. The van der Waals surface area contributed by atoms with E-state index in [9.17, 15) is 4.79 Å². The molecule has 0 saturated carbocycles. The molecule has 0 atom stereocenters. The number of hydrogen-bond donors (Lipinski definition) is 0. The van der Waals surface area contributed by atoms with E-state index in [4.69, 9.17) is 9.31 Å². The van der Waals surface area contributed by atoms with Crippen LogP contribution < -0.4 is 5.46 Å². The molecule has 0 N–H and O–H groups in total. The minimum Gasteiger partial charge on any atom is -0.399 e. The summed E-state index contributed by atoms with van der Waals surface area (Å²) in [6, 6.07) is 7.65. The van der Waals surface area contributed by atoms with E-state index in [0.29, 0.717) is 0 Å². The standard InChI is InChI=1S/C19H29BN2O3/c1-6-21-11-13-22(14-12-21)17(23)15-7-9-16(10-8-15)20-24-18(2,3)19(4,5)25-20/h7-10H,6,11-14H2,1-5H3. The second-order valence-corrected chi connectivity index (χ2v) is 7.94. The van der Waals surface area contributed by atoms with Gasteiger partial charge in [-0.2, -0.15) is 0 Å². The number of carbonyl (C=O) groups excluding carboxylic acids is 1. The first-order valence-electron chi connectivity index (χ1n) is 9.21. The molecule has 0 unspecified atom stereocenters. The van der Waals surface area contributed by atoms with E-state index in [1.807, 2.05) is 56.9 Å². The van der Waals surface area contributed by atoms with Crippen molar-refractivity contribution in [3.8, 4) is 0 Å². The highest BCUT2D eigenvalue weighted by atomic mass is 16.7. The second-order valence-electron chi connectivity index (χ2n) is 7.94. The van der Waals surface area contributed by atoms with Crippen LogP contribution in [-0.4, -0.2) is 66.8 Å². The summed E-state index contributed by atoms with van der Waals surface area (Å²) in [6.07, 6.45) is 0. The number of benzene rings is 1. The van der Waals surface area contributed by atoms with Gasteiger partial charge in [0.2, 0.25) is 0 Å². The predicted molar refractivity (Wildman–Crippen MR) is 100 cm³/mol. The fourth-order valence-corrected chi connectivity index (χ4v) is 3.21. The van der Waals surface area contributed by atoms with Crippen molar-refractivity contribution in [3.63, 3.8) is 0 Å². The Balaban J connectivity index is 1.66. The van der Waals surface area contributed by atoms with Crippen LogP contribution in [-0.2, 0) is 9.31 Å². The highest BCUT2D eigenvalue weighted by Gasteiger charge is 2.51. The van der Waals surface area contributed by atoms with Crippen LogP contribution in [0.5, 0.6) is 0 Å². The van der Waals surface area contributed by atoms with E-state index in [1.54, 1.807) is 0 Å². The van der Waals surface area contributed by atoms with Gasteiger partial charge in [0.05, 0.1) is 11.2 Å².